The van der Waals surface area contributed by atoms with E-state index in [4.69, 9.17) is 10.2 Å². The summed E-state index contributed by atoms with van der Waals surface area (Å²) in [5.41, 5.74) is -2.82. The monoisotopic (exact) mass is 287 g/mol. The van der Waals surface area contributed by atoms with E-state index < -0.39 is 52.0 Å². The van der Waals surface area contributed by atoms with Crippen LogP contribution in [0.4, 0.5) is 13.2 Å². The fourth-order valence-corrected chi connectivity index (χ4v) is 1.47. The standard InChI is InChI=1S/C11H4F3NO5/c12-4-1-3(6-2-5(10(16)17)15-20-6)8(13)9(14)7(4)11(18)19/h1-2H,(H,16,17)(H,18,19). The number of carboxylic acids is 2. The second-order valence-electron chi connectivity index (χ2n) is 3.60. The lowest BCUT2D eigenvalue weighted by atomic mass is 10.1. The number of carboxylic acid groups (broad SMARTS) is 2. The van der Waals surface area contributed by atoms with Crippen LogP contribution in [0.2, 0.25) is 0 Å². The number of nitrogens with zero attached hydrogens (tertiary/aromatic N) is 1. The molecule has 0 saturated heterocycles. The summed E-state index contributed by atoms with van der Waals surface area (Å²) in [6.45, 7) is 0. The van der Waals surface area contributed by atoms with Crippen molar-refractivity contribution >= 4 is 11.9 Å². The van der Waals surface area contributed by atoms with Gasteiger partial charge < -0.3 is 14.7 Å². The van der Waals surface area contributed by atoms with E-state index in [1.165, 1.54) is 0 Å². The van der Waals surface area contributed by atoms with Gasteiger partial charge in [0, 0.05) is 6.07 Å². The van der Waals surface area contributed by atoms with Crippen molar-refractivity contribution in [3.05, 3.63) is 40.8 Å². The number of halogens is 3. The molecule has 104 valence electrons. The highest BCUT2D eigenvalue weighted by molar-refractivity contribution is 5.89. The number of hydrogen-bond acceptors (Lipinski definition) is 4. The smallest absolute Gasteiger partial charge is 0.358 e. The molecule has 0 spiro atoms. The molecule has 1 aromatic carbocycles. The van der Waals surface area contributed by atoms with Gasteiger partial charge >= 0.3 is 11.9 Å². The van der Waals surface area contributed by atoms with Gasteiger partial charge in [0.05, 0.1) is 5.56 Å². The molecule has 20 heavy (non-hydrogen) atoms. The van der Waals surface area contributed by atoms with E-state index in [-0.39, 0.29) is 0 Å². The quantitative estimate of drug-likeness (QED) is 0.839. The number of carbonyl (C=O) groups is 2. The maximum absolute atomic E-state index is 13.7. The van der Waals surface area contributed by atoms with E-state index in [1.54, 1.807) is 0 Å². The third-order valence-corrected chi connectivity index (χ3v) is 2.37. The van der Waals surface area contributed by atoms with Crippen molar-refractivity contribution in [3.8, 4) is 11.3 Å². The Balaban J connectivity index is 2.63. The number of rotatable bonds is 3. The summed E-state index contributed by atoms with van der Waals surface area (Å²) in [5.74, 6) is -9.13. The topological polar surface area (TPSA) is 101 Å². The molecule has 2 rings (SSSR count). The SMILES string of the molecule is O=C(O)c1cc(-c2cc(F)c(C(=O)O)c(F)c2F)on1. The van der Waals surface area contributed by atoms with Crippen LogP contribution in [0.1, 0.15) is 20.8 Å². The molecule has 0 radical (unpaired) electrons. The fraction of sp³-hybridized carbons (Fsp3) is 0. The van der Waals surface area contributed by atoms with Crippen molar-refractivity contribution in [2.24, 2.45) is 0 Å². The molecule has 2 N–H and O–H groups in total. The lowest BCUT2D eigenvalue weighted by molar-refractivity contribution is 0.0674. The Labute approximate surface area is 108 Å². The average molecular weight is 287 g/mol. The van der Waals surface area contributed by atoms with Gasteiger partial charge in [-0.25, -0.2) is 22.8 Å². The van der Waals surface area contributed by atoms with Gasteiger partial charge in [-0.1, -0.05) is 5.16 Å². The van der Waals surface area contributed by atoms with Gasteiger partial charge in [0.25, 0.3) is 0 Å². The maximum Gasteiger partial charge on any atom is 0.358 e. The lowest BCUT2D eigenvalue weighted by Gasteiger charge is -2.04. The Morgan fingerprint density at radius 1 is 1.05 bits per heavy atom. The van der Waals surface area contributed by atoms with E-state index in [0.717, 1.165) is 6.07 Å². The van der Waals surface area contributed by atoms with Crippen LogP contribution in [-0.2, 0) is 0 Å². The number of hydrogen-bond donors (Lipinski definition) is 2. The summed E-state index contributed by atoms with van der Waals surface area (Å²) < 4.78 is 45.0. The normalized spacial score (nSPS) is 10.6. The second-order valence-corrected chi connectivity index (χ2v) is 3.60. The summed E-state index contributed by atoms with van der Waals surface area (Å²) >= 11 is 0. The molecule has 0 aliphatic rings. The van der Waals surface area contributed by atoms with Gasteiger partial charge in [-0.05, 0) is 6.07 Å². The van der Waals surface area contributed by atoms with E-state index in [9.17, 15) is 22.8 Å². The van der Waals surface area contributed by atoms with Crippen LogP contribution in [0.15, 0.2) is 16.7 Å². The largest absolute Gasteiger partial charge is 0.477 e. The predicted octanol–water partition coefficient (Wildman–Crippen LogP) is 2.16. The third kappa shape index (κ3) is 2.09. The Morgan fingerprint density at radius 2 is 1.70 bits per heavy atom. The first-order valence-electron chi connectivity index (χ1n) is 4.94. The molecular weight excluding hydrogens is 283 g/mol. The minimum atomic E-state index is -1.98. The molecule has 6 nitrogen and oxygen atoms in total. The molecule has 0 unspecified atom stereocenters. The van der Waals surface area contributed by atoms with Crippen molar-refractivity contribution in [1.82, 2.24) is 5.16 Å². The summed E-state index contributed by atoms with van der Waals surface area (Å²) in [4.78, 5) is 21.1. The van der Waals surface area contributed by atoms with Gasteiger partial charge in [-0.3, -0.25) is 0 Å². The molecule has 0 bridgehead atoms. The first-order chi connectivity index (χ1) is 9.32. The molecule has 1 heterocycles. The van der Waals surface area contributed by atoms with Crippen molar-refractivity contribution in [1.29, 1.82) is 0 Å². The van der Waals surface area contributed by atoms with Crippen molar-refractivity contribution in [2.75, 3.05) is 0 Å². The minimum absolute atomic E-state index is 0.383. The van der Waals surface area contributed by atoms with Gasteiger partial charge in [0.15, 0.2) is 23.1 Å². The number of aromatic carboxylic acids is 2. The van der Waals surface area contributed by atoms with Crippen LogP contribution >= 0.6 is 0 Å². The zero-order chi connectivity index (χ0) is 15.0. The van der Waals surface area contributed by atoms with E-state index >= 15 is 0 Å². The number of aromatic nitrogens is 1. The molecular formula is C11H4F3NO5. The van der Waals surface area contributed by atoms with Gasteiger partial charge in [0.2, 0.25) is 0 Å². The third-order valence-electron chi connectivity index (χ3n) is 2.37. The van der Waals surface area contributed by atoms with Gasteiger partial charge in [-0.15, -0.1) is 0 Å². The maximum atomic E-state index is 13.7. The van der Waals surface area contributed by atoms with Crippen LogP contribution < -0.4 is 0 Å². The summed E-state index contributed by atoms with van der Waals surface area (Å²) in [5, 5.41) is 20.2. The van der Waals surface area contributed by atoms with Crippen LogP contribution in [0, 0.1) is 17.5 Å². The average Bonchev–Trinajstić information content (AvgIpc) is 2.82. The van der Waals surface area contributed by atoms with Crippen LogP contribution in [0.3, 0.4) is 0 Å². The molecule has 0 saturated carbocycles. The van der Waals surface area contributed by atoms with Crippen molar-refractivity contribution < 1.29 is 37.5 Å². The van der Waals surface area contributed by atoms with Crippen LogP contribution in [0.25, 0.3) is 11.3 Å². The van der Waals surface area contributed by atoms with E-state index in [2.05, 4.69) is 9.68 Å². The van der Waals surface area contributed by atoms with E-state index in [1.807, 2.05) is 0 Å². The summed E-state index contributed by atoms with van der Waals surface area (Å²) in [7, 11) is 0. The summed E-state index contributed by atoms with van der Waals surface area (Å²) in [6.07, 6.45) is 0. The highest BCUT2D eigenvalue weighted by Gasteiger charge is 2.26. The first kappa shape index (κ1) is 13.6. The minimum Gasteiger partial charge on any atom is -0.477 e. The van der Waals surface area contributed by atoms with Crippen molar-refractivity contribution in [2.45, 2.75) is 0 Å². The molecule has 2 aromatic rings. The van der Waals surface area contributed by atoms with Gasteiger partial charge in [0.1, 0.15) is 11.4 Å². The molecule has 0 aliphatic carbocycles. The second kappa shape index (κ2) is 4.68. The Morgan fingerprint density at radius 3 is 2.20 bits per heavy atom. The Hall–Kier alpha value is -2.84. The molecule has 9 heteroatoms. The van der Waals surface area contributed by atoms with Crippen LogP contribution in [0.5, 0.6) is 0 Å². The van der Waals surface area contributed by atoms with Gasteiger partial charge in [-0.2, -0.15) is 0 Å². The lowest BCUT2D eigenvalue weighted by Crippen LogP contribution is -2.07. The first-order valence-corrected chi connectivity index (χ1v) is 4.94. The highest BCUT2D eigenvalue weighted by Crippen LogP contribution is 2.29. The Bertz CT molecular complexity index is 725. The van der Waals surface area contributed by atoms with E-state index in [0.29, 0.717) is 6.07 Å². The zero-order valence-electron chi connectivity index (χ0n) is 9.35. The molecule has 1 aromatic heterocycles. The van der Waals surface area contributed by atoms with Crippen LogP contribution in [-0.4, -0.2) is 27.3 Å². The predicted molar refractivity (Wildman–Crippen MR) is 55.7 cm³/mol. The summed E-state index contributed by atoms with van der Waals surface area (Å²) in [6, 6.07) is 1.13. The molecule has 0 atom stereocenters. The highest BCUT2D eigenvalue weighted by atomic mass is 19.2. The number of benzene rings is 1. The Kier molecular flexibility index (Phi) is 3.18. The zero-order valence-corrected chi connectivity index (χ0v) is 9.35. The molecule has 0 fully saturated rings. The molecule has 0 amide bonds. The fourth-order valence-electron chi connectivity index (χ4n) is 1.47. The van der Waals surface area contributed by atoms with Crippen molar-refractivity contribution in [3.63, 3.8) is 0 Å². The molecule has 0 aliphatic heterocycles.